The molecule has 0 bridgehead atoms. The summed E-state index contributed by atoms with van der Waals surface area (Å²) in [5.74, 6) is 0. The van der Waals surface area contributed by atoms with Gasteiger partial charge in [0, 0.05) is 17.7 Å². The summed E-state index contributed by atoms with van der Waals surface area (Å²) in [6, 6.07) is 8.38. The monoisotopic (exact) mass is 227 g/mol. The number of hydrogen-bond acceptors (Lipinski definition) is 3. The molecule has 0 spiro atoms. The Morgan fingerprint density at radius 3 is 2.41 bits per heavy atom. The van der Waals surface area contributed by atoms with E-state index >= 15 is 0 Å². The van der Waals surface area contributed by atoms with Crippen LogP contribution >= 0.6 is 0 Å². The third kappa shape index (κ3) is 2.50. The zero-order chi connectivity index (χ0) is 12.3. The van der Waals surface area contributed by atoms with Crippen molar-refractivity contribution in [2.45, 2.75) is 20.3 Å². The van der Waals surface area contributed by atoms with Crippen LogP contribution in [0.15, 0.2) is 30.6 Å². The van der Waals surface area contributed by atoms with Gasteiger partial charge in [-0.15, -0.1) is 0 Å². The maximum Gasteiger partial charge on any atom is 0.116 e. The Morgan fingerprint density at radius 1 is 1.06 bits per heavy atom. The third-order valence-corrected chi connectivity index (χ3v) is 2.89. The largest absolute Gasteiger partial charge is 0.330 e. The van der Waals surface area contributed by atoms with E-state index in [0.717, 1.165) is 28.9 Å². The topological polar surface area (TPSA) is 51.8 Å². The number of hydrogen-bond donors (Lipinski definition) is 1. The fourth-order valence-electron chi connectivity index (χ4n) is 1.88. The van der Waals surface area contributed by atoms with Crippen LogP contribution in [0.2, 0.25) is 0 Å². The van der Waals surface area contributed by atoms with Gasteiger partial charge >= 0.3 is 0 Å². The normalized spacial score (nSPS) is 10.5. The SMILES string of the molecule is Cc1ccc(-c2ncnc(CCN)c2C)cc1. The molecule has 0 aliphatic rings. The van der Waals surface area contributed by atoms with Crippen molar-refractivity contribution in [1.29, 1.82) is 0 Å². The Labute approximate surface area is 102 Å². The van der Waals surface area contributed by atoms with Gasteiger partial charge in [0.1, 0.15) is 6.33 Å². The second-order valence-corrected chi connectivity index (χ2v) is 4.20. The van der Waals surface area contributed by atoms with Crippen LogP contribution in [0.1, 0.15) is 16.8 Å². The molecule has 2 N–H and O–H groups in total. The summed E-state index contributed by atoms with van der Waals surface area (Å²) < 4.78 is 0. The smallest absolute Gasteiger partial charge is 0.116 e. The Morgan fingerprint density at radius 2 is 1.76 bits per heavy atom. The van der Waals surface area contributed by atoms with Gasteiger partial charge in [-0.2, -0.15) is 0 Å². The first-order valence-electron chi connectivity index (χ1n) is 5.80. The molecule has 0 atom stereocenters. The molecule has 0 aliphatic heterocycles. The summed E-state index contributed by atoms with van der Waals surface area (Å²) in [7, 11) is 0. The first-order chi connectivity index (χ1) is 8.22. The van der Waals surface area contributed by atoms with Crippen LogP contribution in [0, 0.1) is 13.8 Å². The van der Waals surface area contributed by atoms with E-state index in [1.807, 2.05) is 0 Å². The average Bonchev–Trinajstić information content (AvgIpc) is 2.34. The molecule has 3 nitrogen and oxygen atoms in total. The lowest BCUT2D eigenvalue weighted by atomic mass is 10.0. The highest BCUT2D eigenvalue weighted by molar-refractivity contribution is 5.63. The average molecular weight is 227 g/mol. The Hall–Kier alpha value is -1.74. The van der Waals surface area contributed by atoms with Crippen LogP contribution in [0.25, 0.3) is 11.3 Å². The highest BCUT2D eigenvalue weighted by Crippen LogP contribution is 2.22. The molecule has 3 heteroatoms. The van der Waals surface area contributed by atoms with Crippen molar-refractivity contribution in [2.75, 3.05) is 6.54 Å². The molecular formula is C14H17N3. The molecule has 0 amide bonds. The van der Waals surface area contributed by atoms with Crippen molar-refractivity contribution < 1.29 is 0 Å². The number of nitrogens with two attached hydrogens (primary N) is 1. The van der Waals surface area contributed by atoms with Crippen LogP contribution in [0.4, 0.5) is 0 Å². The number of aromatic nitrogens is 2. The van der Waals surface area contributed by atoms with Gasteiger partial charge in [-0.1, -0.05) is 29.8 Å². The van der Waals surface area contributed by atoms with Gasteiger partial charge in [0.05, 0.1) is 5.69 Å². The highest BCUT2D eigenvalue weighted by Gasteiger charge is 2.08. The molecule has 0 saturated carbocycles. The molecule has 1 aromatic carbocycles. The highest BCUT2D eigenvalue weighted by atomic mass is 14.8. The van der Waals surface area contributed by atoms with Crippen LogP contribution in [-0.2, 0) is 6.42 Å². The summed E-state index contributed by atoms with van der Waals surface area (Å²) in [4.78, 5) is 8.65. The van der Waals surface area contributed by atoms with E-state index < -0.39 is 0 Å². The fourth-order valence-corrected chi connectivity index (χ4v) is 1.88. The molecule has 17 heavy (non-hydrogen) atoms. The van der Waals surface area contributed by atoms with Gasteiger partial charge in [0.15, 0.2) is 0 Å². The predicted octanol–water partition coefficient (Wildman–Crippen LogP) is 2.26. The molecule has 0 radical (unpaired) electrons. The first kappa shape index (κ1) is 11.7. The van der Waals surface area contributed by atoms with E-state index in [2.05, 4.69) is 48.1 Å². The second-order valence-electron chi connectivity index (χ2n) is 4.20. The molecule has 2 aromatic rings. The van der Waals surface area contributed by atoms with E-state index in [-0.39, 0.29) is 0 Å². The van der Waals surface area contributed by atoms with Crippen LogP contribution in [-0.4, -0.2) is 16.5 Å². The quantitative estimate of drug-likeness (QED) is 0.875. The molecule has 1 heterocycles. The van der Waals surface area contributed by atoms with Gasteiger partial charge in [0.25, 0.3) is 0 Å². The third-order valence-electron chi connectivity index (χ3n) is 2.89. The van der Waals surface area contributed by atoms with Crippen LogP contribution < -0.4 is 5.73 Å². The number of rotatable bonds is 3. The molecule has 1 aromatic heterocycles. The first-order valence-corrected chi connectivity index (χ1v) is 5.80. The number of aryl methyl sites for hydroxylation is 1. The van der Waals surface area contributed by atoms with Crippen LogP contribution in [0.5, 0.6) is 0 Å². The van der Waals surface area contributed by atoms with Crippen LogP contribution in [0.3, 0.4) is 0 Å². The van der Waals surface area contributed by atoms with Gasteiger partial charge in [-0.3, -0.25) is 0 Å². The zero-order valence-corrected chi connectivity index (χ0v) is 10.3. The molecule has 0 fully saturated rings. The fraction of sp³-hybridized carbons (Fsp3) is 0.286. The van der Waals surface area contributed by atoms with Gasteiger partial charge < -0.3 is 5.73 Å². The molecule has 88 valence electrons. The predicted molar refractivity (Wildman–Crippen MR) is 69.7 cm³/mol. The van der Waals surface area contributed by atoms with Gasteiger partial charge in [-0.05, 0) is 26.0 Å². The molecule has 2 rings (SSSR count). The summed E-state index contributed by atoms with van der Waals surface area (Å²) in [6.45, 7) is 4.75. The minimum absolute atomic E-state index is 0.616. The summed E-state index contributed by atoms with van der Waals surface area (Å²) >= 11 is 0. The maximum absolute atomic E-state index is 5.58. The lowest BCUT2D eigenvalue weighted by molar-refractivity contribution is 0.895. The lowest BCUT2D eigenvalue weighted by Gasteiger charge is -2.09. The Balaban J connectivity index is 2.45. The Kier molecular flexibility index (Phi) is 3.49. The standard InChI is InChI=1S/C14H17N3/c1-10-3-5-12(6-4-10)14-11(2)13(7-8-15)16-9-17-14/h3-6,9H,7-8,15H2,1-2H3. The van der Waals surface area contributed by atoms with Crippen molar-refractivity contribution in [3.05, 3.63) is 47.4 Å². The van der Waals surface area contributed by atoms with E-state index in [1.54, 1.807) is 6.33 Å². The number of nitrogens with zero attached hydrogens (tertiary/aromatic N) is 2. The summed E-state index contributed by atoms with van der Waals surface area (Å²) in [5, 5.41) is 0. The molecule has 0 aliphatic carbocycles. The molecule has 0 unspecified atom stereocenters. The zero-order valence-electron chi connectivity index (χ0n) is 10.3. The van der Waals surface area contributed by atoms with Gasteiger partial charge in [-0.25, -0.2) is 9.97 Å². The molecule has 0 saturated heterocycles. The lowest BCUT2D eigenvalue weighted by Crippen LogP contribution is -2.07. The van der Waals surface area contributed by atoms with E-state index in [0.29, 0.717) is 6.54 Å². The van der Waals surface area contributed by atoms with E-state index in [9.17, 15) is 0 Å². The number of benzene rings is 1. The second kappa shape index (κ2) is 5.06. The van der Waals surface area contributed by atoms with E-state index in [4.69, 9.17) is 5.73 Å². The van der Waals surface area contributed by atoms with Gasteiger partial charge in [0.2, 0.25) is 0 Å². The minimum atomic E-state index is 0.616. The maximum atomic E-state index is 5.58. The van der Waals surface area contributed by atoms with Crippen molar-refractivity contribution in [2.24, 2.45) is 5.73 Å². The van der Waals surface area contributed by atoms with E-state index in [1.165, 1.54) is 5.56 Å². The summed E-state index contributed by atoms with van der Waals surface area (Å²) in [6.07, 6.45) is 2.42. The van der Waals surface area contributed by atoms with Crippen molar-refractivity contribution in [3.63, 3.8) is 0 Å². The summed E-state index contributed by atoms with van der Waals surface area (Å²) in [5.41, 5.74) is 11.1. The van der Waals surface area contributed by atoms with Crippen molar-refractivity contribution in [1.82, 2.24) is 9.97 Å². The van der Waals surface area contributed by atoms with Crippen molar-refractivity contribution in [3.8, 4) is 11.3 Å². The van der Waals surface area contributed by atoms with Crippen molar-refractivity contribution >= 4 is 0 Å². The molecular weight excluding hydrogens is 210 g/mol. The minimum Gasteiger partial charge on any atom is -0.330 e. The Bertz CT molecular complexity index is 503.